The van der Waals surface area contributed by atoms with Crippen LogP contribution in [0.25, 0.3) is 22.8 Å². The van der Waals surface area contributed by atoms with Gasteiger partial charge in [-0.1, -0.05) is 42.5 Å². The Kier molecular flexibility index (Phi) is 4.24. The van der Waals surface area contributed by atoms with Crippen molar-refractivity contribution in [1.82, 2.24) is 19.2 Å². The van der Waals surface area contributed by atoms with Crippen molar-refractivity contribution in [3.8, 4) is 0 Å². The topological polar surface area (TPSA) is 55.4 Å². The number of aryl methyl sites for hydroxylation is 1. The standard InChI is InChI=1S/C21H21N5O/c1-15-17(24(2)3)11-12-18-19(15)20(27)25(21-23-22-14-26(18)21)13-7-10-16-8-5-4-6-9-16/h4-12,14H,13H2,1-3H3/b10-7+. The molecular weight excluding hydrogens is 338 g/mol. The van der Waals surface area contributed by atoms with Gasteiger partial charge in [-0.2, -0.15) is 0 Å². The molecule has 0 radical (unpaired) electrons. The molecule has 136 valence electrons. The highest BCUT2D eigenvalue weighted by molar-refractivity contribution is 5.88. The number of anilines is 1. The van der Waals surface area contributed by atoms with Gasteiger partial charge in [0.2, 0.25) is 5.78 Å². The minimum Gasteiger partial charge on any atom is -0.377 e. The summed E-state index contributed by atoms with van der Waals surface area (Å²) in [5, 5.41) is 8.90. The molecule has 6 heteroatoms. The first-order valence-electron chi connectivity index (χ1n) is 8.82. The average Bonchev–Trinajstić information content (AvgIpc) is 3.14. The van der Waals surface area contributed by atoms with E-state index in [-0.39, 0.29) is 5.56 Å². The molecular formula is C21H21N5O. The van der Waals surface area contributed by atoms with Gasteiger partial charge in [0.25, 0.3) is 5.56 Å². The van der Waals surface area contributed by atoms with E-state index in [2.05, 4.69) is 10.2 Å². The van der Waals surface area contributed by atoms with Crippen LogP contribution in [0.2, 0.25) is 0 Å². The average molecular weight is 359 g/mol. The normalized spacial score (nSPS) is 11.7. The lowest BCUT2D eigenvalue weighted by atomic mass is 10.1. The van der Waals surface area contributed by atoms with Gasteiger partial charge < -0.3 is 4.90 Å². The molecule has 6 nitrogen and oxygen atoms in total. The van der Waals surface area contributed by atoms with Crippen LogP contribution in [0.4, 0.5) is 5.69 Å². The molecule has 0 spiro atoms. The third kappa shape index (κ3) is 2.89. The minimum atomic E-state index is -0.0515. The molecule has 0 unspecified atom stereocenters. The van der Waals surface area contributed by atoms with E-state index in [4.69, 9.17) is 0 Å². The first-order chi connectivity index (χ1) is 13.1. The highest BCUT2D eigenvalue weighted by Crippen LogP contribution is 2.25. The van der Waals surface area contributed by atoms with Crippen LogP contribution in [0.1, 0.15) is 11.1 Å². The van der Waals surface area contributed by atoms with Gasteiger partial charge >= 0.3 is 0 Å². The smallest absolute Gasteiger partial charge is 0.263 e. The van der Waals surface area contributed by atoms with Crippen LogP contribution in [0.15, 0.2) is 59.7 Å². The summed E-state index contributed by atoms with van der Waals surface area (Å²) in [7, 11) is 3.96. The quantitative estimate of drug-likeness (QED) is 0.562. The molecule has 2 aromatic heterocycles. The molecule has 0 bridgehead atoms. The first kappa shape index (κ1) is 17.0. The SMILES string of the molecule is Cc1c(N(C)C)ccc2c1c(=O)n(C/C=C/c1ccccc1)c1nncn21. The van der Waals surface area contributed by atoms with Gasteiger partial charge in [0.05, 0.1) is 10.9 Å². The van der Waals surface area contributed by atoms with E-state index in [9.17, 15) is 4.79 Å². The lowest BCUT2D eigenvalue weighted by molar-refractivity contribution is 0.786. The molecule has 0 aliphatic heterocycles. The Morgan fingerprint density at radius 1 is 1.11 bits per heavy atom. The van der Waals surface area contributed by atoms with Crippen molar-refractivity contribution in [2.45, 2.75) is 13.5 Å². The second-order valence-electron chi connectivity index (χ2n) is 6.73. The molecule has 0 saturated carbocycles. The summed E-state index contributed by atoms with van der Waals surface area (Å²) >= 11 is 0. The maximum atomic E-state index is 13.3. The third-order valence-electron chi connectivity index (χ3n) is 4.78. The van der Waals surface area contributed by atoms with Crippen LogP contribution < -0.4 is 10.5 Å². The van der Waals surface area contributed by atoms with Crippen molar-refractivity contribution in [2.75, 3.05) is 19.0 Å². The van der Waals surface area contributed by atoms with Crippen LogP contribution >= 0.6 is 0 Å². The van der Waals surface area contributed by atoms with Crippen LogP contribution in [-0.2, 0) is 6.54 Å². The van der Waals surface area contributed by atoms with Crippen LogP contribution in [0, 0.1) is 6.92 Å². The Morgan fingerprint density at radius 2 is 1.89 bits per heavy atom. The summed E-state index contributed by atoms with van der Waals surface area (Å²) in [6, 6.07) is 14.0. The van der Waals surface area contributed by atoms with E-state index < -0.39 is 0 Å². The molecule has 27 heavy (non-hydrogen) atoms. The van der Waals surface area contributed by atoms with Crippen molar-refractivity contribution in [2.24, 2.45) is 0 Å². The van der Waals surface area contributed by atoms with Gasteiger partial charge in [0.15, 0.2) is 0 Å². The molecule has 0 amide bonds. The predicted octanol–water partition coefficient (Wildman–Crippen LogP) is 3.13. The van der Waals surface area contributed by atoms with Gasteiger partial charge in [0, 0.05) is 26.3 Å². The van der Waals surface area contributed by atoms with Crippen molar-refractivity contribution in [3.05, 3.63) is 76.3 Å². The number of aromatic nitrogens is 4. The fourth-order valence-electron chi connectivity index (χ4n) is 3.47. The summed E-state index contributed by atoms with van der Waals surface area (Å²) in [5.41, 5.74) is 3.85. The number of hydrogen-bond acceptors (Lipinski definition) is 4. The Labute approximate surface area is 157 Å². The summed E-state index contributed by atoms with van der Waals surface area (Å²) in [4.78, 5) is 15.3. The Morgan fingerprint density at radius 3 is 2.63 bits per heavy atom. The number of allylic oxidation sites excluding steroid dienone is 1. The van der Waals surface area contributed by atoms with Crippen molar-refractivity contribution >= 4 is 28.4 Å². The van der Waals surface area contributed by atoms with E-state index in [1.54, 1.807) is 10.9 Å². The van der Waals surface area contributed by atoms with Gasteiger partial charge in [-0.05, 0) is 30.2 Å². The van der Waals surface area contributed by atoms with Crippen molar-refractivity contribution in [1.29, 1.82) is 0 Å². The minimum absolute atomic E-state index is 0.0515. The molecule has 2 heterocycles. The van der Waals surface area contributed by atoms with Gasteiger partial charge in [0.1, 0.15) is 6.33 Å². The molecule has 4 aromatic rings. The third-order valence-corrected chi connectivity index (χ3v) is 4.78. The molecule has 0 aliphatic carbocycles. The second kappa shape index (κ2) is 6.72. The Balaban J connectivity index is 1.90. The summed E-state index contributed by atoms with van der Waals surface area (Å²) in [6.45, 7) is 2.41. The summed E-state index contributed by atoms with van der Waals surface area (Å²) in [5.74, 6) is 0.544. The predicted molar refractivity (Wildman–Crippen MR) is 109 cm³/mol. The number of rotatable bonds is 4. The number of hydrogen-bond donors (Lipinski definition) is 0. The zero-order valence-corrected chi connectivity index (χ0v) is 15.6. The maximum Gasteiger partial charge on any atom is 0.263 e. The second-order valence-corrected chi connectivity index (χ2v) is 6.73. The fourth-order valence-corrected chi connectivity index (χ4v) is 3.47. The van der Waals surface area contributed by atoms with E-state index >= 15 is 0 Å². The van der Waals surface area contributed by atoms with E-state index in [0.29, 0.717) is 17.7 Å². The van der Waals surface area contributed by atoms with Gasteiger partial charge in [-0.3, -0.25) is 13.8 Å². The Hall–Kier alpha value is -3.41. The van der Waals surface area contributed by atoms with Crippen molar-refractivity contribution < 1.29 is 0 Å². The molecule has 0 aliphatic rings. The molecule has 0 fully saturated rings. The monoisotopic (exact) mass is 359 g/mol. The van der Waals surface area contributed by atoms with Gasteiger partial charge in [-0.25, -0.2) is 0 Å². The summed E-state index contributed by atoms with van der Waals surface area (Å²) in [6.07, 6.45) is 5.64. The number of benzene rings is 2. The van der Waals surface area contributed by atoms with Gasteiger partial charge in [-0.15, -0.1) is 10.2 Å². The number of nitrogens with zero attached hydrogens (tertiary/aromatic N) is 5. The first-order valence-corrected chi connectivity index (χ1v) is 8.82. The van der Waals surface area contributed by atoms with Crippen molar-refractivity contribution in [3.63, 3.8) is 0 Å². The zero-order valence-electron chi connectivity index (χ0n) is 15.6. The Bertz CT molecular complexity index is 1200. The highest BCUT2D eigenvalue weighted by Gasteiger charge is 2.16. The maximum absolute atomic E-state index is 13.3. The molecule has 0 saturated heterocycles. The van der Waals surface area contributed by atoms with E-state index in [1.165, 1.54) is 0 Å². The highest BCUT2D eigenvalue weighted by atomic mass is 16.1. The number of fused-ring (bicyclic) bond motifs is 3. The van der Waals surface area contributed by atoms with Crippen LogP contribution in [0.5, 0.6) is 0 Å². The van der Waals surface area contributed by atoms with Crippen LogP contribution in [-0.4, -0.2) is 33.3 Å². The fraction of sp³-hybridized carbons (Fsp3) is 0.190. The van der Waals surface area contributed by atoms with E-state index in [1.807, 2.05) is 84.9 Å². The molecule has 0 atom stereocenters. The zero-order chi connectivity index (χ0) is 19.0. The van der Waals surface area contributed by atoms with E-state index in [0.717, 1.165) is 22.3 Å². The summed E-state index contributed by atoms with van der Waals surface area (Å²) < 4.78 is 3.54. The largest absolute Gasteiger partial charge is 0.377 e. The lowest BCUT2D eigenvalue weighted by Gasteiger charge is -2.18. The molecule has 0 N–H and O–H groups in total. The lowest BCUT2D eigenvalue weighted by Crippen LogP contribution is -2.24. The molecule has 4 rings (SSSR count). The molecule has 2 aromatic carbocycles. The van der Waals surface area contributed by atoms with Crippen LogP contribution in [0.3, 0.4) is 0 Å².